The number of aliphatic imine (C=N–C) groups is 1. The van der Waals surface area contributed by atoms with Crippen LogP contribution in [0.4, 0.5) is 10.1 Å². The Bertz CT molecular complexity index is 802. The van der Waals surface area contributed by atoms with Gasteiger partial charge in [-0.1, -0.05) is 6.07 Å². The lowest BCUT2D eigenvalue weighted by atomic mass is 10.2. The largest absolute Gasteiger partial charge is 0.497 e. The molecule has 0 bridgehead atoms. The number of rotatable bonds is 5. The third kappa shape index (κ3) is 5.52. The van der Waals surface area contributed by atoms with Gasteiger partial charge in [0.25, 0.3) is 5.91 Å². The number of anilines is 1. The first kappa shape index (κ1) is 18.8. The number of hydrogen-bond acceptors (Lipinski definition) is 4. The first-order chi connectivity index (χ1) is 13.1. The van der Waals surface area contributed by atoms with Gasteiger partial charge in [-0.3, -0.25) is 10.1 Å². The second-order valence-electron chi connectivity index (χ2n) is 6.14. The van der Waals surface area contributed by atoms with Crippen LogP contribution in [0.15, 0.2) is 53.5 Å². The molecule has 0 aliphatic carbocycles. The van der Waals surface area contributed by atoms with E-state index in [4.69, 9.17) is 9.47 Å². The van der Waals surface area contributed by atoms with Crippen molar-refractivity contribution in [2.24, 2.45) is 4.99 Å². The summed E-state index contributed by atoms with van der Waals surface area (Å²) in [5.41, 5.74) is 0.956. The van der Waals surface area contributed by atoms with Crippen molar-refractivity contribution in [2.45, 2.75) is 18.9 Å². The molecule has 0 spiro atoms. The maximum absolute atomic E-state index is 13.4. The minimum absolute atomic E-state index is 0.0451. The van der Waals surface area contributed by atoms with E-state index in [9.17, 15) is 9.18 Å². The average Bonchev–Trinajstić information content (AvgIpc) is 3.20. The molecule has 1 aliphatic heterocycles. The fourth-order valence-electron chi connectivity index (χ4n) is 2.71. The van der Waals surface area contributed by atoms with Crippen molar-refractivity contribution in [3.63, 3.8) is 0 Å². The molecular weight excluding hydrogens is 349 g/mol. The summed E-state index contributed by atoms with van der Waals surface area (Å²) in [5.74, 6) is 0.0947. The summed E-state index contributed by atoms with van der Waals surface area (Å²) in [7, 11) is 1.59. The monoisotopic (exact) mass is 371 g/mol. The molecule has 0 saturated carbocycles. The molecule has 7 heteroatoms. The number of amides is 1. The van der Waals surface area contributed by atoms with Crippen LogP contribution in [0.5, 0.6) is 5.75 Å². The van der Waals surface area contributed by atoms with Gasteiger partial charge in [0.1, 0.15) is 11.6 Å². The highest BCUT2D eigenvalue weighted by Crippen LogP contribution is 2.16. The molecule has 0 radical (unpaired) electrons. The quantitative estimate of drug-likeness (QED) is 0.625. The van der Waals surface area contributed by atoms with E-state index in [1.54, 1.807) is 25.3 Å². The van der Waals surface area contributed by atoms with Crippen LogP contribution in [0.25, 0.3) is 0 Å². The minimum Gasteiger partial charge on any atom is -0.497 e. The SMILES string of the molecule is COc1ccc(NC(=NC[C@H]2CCCO2)NC(=O)c2cccc(F)c2)cc1. The van der Waals surface area contributed by atoms with Gasteiger partial charge in [-0.05, 0) is 55.3 Å². The molecule has 27 heavy (non-hydrogen) atoms. The Morgan fingerprint density at radius 1 is 1.30 bits per heavy atom. The number of carbonyl (C=O) groups is 1. The van der Waals surface area contributed by atoms with Crippen LogP contribution >= 0.6 is 0 Å². The summed E-state index contributed by atoms with van der Waals surface area (Å²) in [4.78, 5) is 16.9. The number of carbonyl (C=O) groups excluding carboxylic acids is 1. The van der Waals surface area contributed by atoms with Crippen LogP contribution in [0.2, 0.25) is 0 Å². The minimum atomic E-state index is -0.469. The molecule has 1 heterocycles. The van der Waals surface area contributed by atoms with Gasteiger partial charge in [-0.2, -0.15) is 0 Å². The molecule has 1 fully saturated rings. The second-order valence-corrected chi connectivity index (χ2v) is 6.14. The van der Waals surface area contributed by atoms with Crippen molar-refractivity contribution in [1.82, 2.24) is 5.32 Å². The lowest BCUT2D eigenvalue weighted by molar-refractivity contribution is 0.0975. The van der Waals surface area contributed by atoms with E-state index in [0.29, 0.717) is 6.54 Å². The van der Waals surface area contributed by atoms with Gasteiger partial charge < -0.3 is 14.8 Å². The summed E-state index contributed by atoms with van der Waals surface area (Å²) in [5, 5.41) is 5.79. The van der Waals surface area contributed by atoms with E-state index in [-0.39, 0.29) is 17.6 Å². The Morgan fingerprint density at radius 3 is 2.78 bits per heavy atom. The van der Waals surface area contributed by atoms with Crippen molar-refractivity contribution in [3.8, 4) is 5.75 Å². The number of nitrogens with one attached hydrogen (secondary N) is 2. The molecule has 2 aromatic carbocycles. The highest BCUT2D eigenvalue weighted by molar-refractivity contribution is 6.09. The number of ether oxygens (including phenoxy) is 2. The molecule has 0 unspecified atom stereocenters. The summed E-state index contributed by atoms with van der Waals surface area (Å²) in [6.07, 6.45) is 2.00. The number of guanidine groups is 1. The van der Waals surface area contributed by atoms with Gasteiger partial charge in [0.05, 0.1) is 19.8 Å². The lowest BCUT2D eigenvalue weighted by Gasteiger charge is -2.14. The van der Waals surface area contributed by atoms with E-state index in [1.165, 1.54) is 18.2 Å². The predicted molar refractivity (Wildman–Crippen MR) is 102 cm³/mol. The molecule has 2 aromatic rings. The van der Waals surface area contributed by atoms with Gasteiger partial charge in [-0.25, -0.2) is 9.38 Å². The molecule has 1 amide bonds. The predicted octanol–water partition coefficient (Wildman–Crippen LogP) is 3.21. The summed E-state index contributed by atoms with van der Waals surface area (Å²) >= 11 is 0. The number of methoxy groups -OCH3 is 1. The van der Waals surface area contributed by atoms with Crippen molar-refractivity contribution < 1.29 is 18.7 Å². The lowest BCUT2D eigenvalue weighted by Crippen LogP contribution is -2.36. The van der Waals surface area contributed by atoms with Gasteiger partial charge >= 0.3 is 0 Å². The molecule has 1 atom stereocenters. The van der Waals surface area contributed by atoms with Gasteiger partial charge in [0, 0.05) is 17.9 Å². The fraction of sp³-hybridized carbons (Fsp3) is 0.300. The van der Waals surface area contributed by atoms with Crippen molar-refractivity contribution >= 4 is 17.6 Å². The van der Waals surface area contributed by atoms with Crippen molar-refractivity contribution in [3.05, 3.63) is 59.9 Å². The normalized spacial score (nSPS) is 16.8. The van der Waals surface area contributed by atoms with Crippen molar-refractivity contribution in [2.75, 3.05) is 25.6 Å². The van der Waals surface area contributed by atoms with Gasteiger partial charge in [-0.15, -0.1) is 0 Å². The third-order valence-electron chi connectivity index (χ3n) is 4.15. The van der Waals surface area contributed by atoms with Crippen LogP contribution in [-0.4, -0.2) is 38.2 Å². The first-order valence-electron chi connectivity index (χ1n) is 8.78. The molecule has 142 valence electrons. The number of hydrogen-bond donors (Lipinski definition) is 2. The van der Waals surface area contributed by atoms with E-state index in [2.05, 4.69) is 15.6 Å². The zero-order chi connectivity index (χ0) is 19.1. The van der Waals surface area contributed by atoms with Crippen LogP contribution in [-0.2, 0) is 4.74 Å². The molecular formula is C20H22FN3O3. The second kappa shape index (κ2) is 9.14. The topological polar surface area (TPSA) is 71.9 Å². The summed E-state index contributed by atoms with van der Waals surface area (Å²) in [6.45, 7) is 1.17. The van der Waals surface area contributed by atoms with Gasteiger partial charge in [0.15, 0.2) is 0 Å². The van der Waals surface area contributed by atoms with Crippen LogP contribution < -0.4 is 15.4 Å². The van der Waals surface area contributed by atoms with E-state index >= 15 is 0 Å². The molecule has 3 rings (SSSR count). The van der Waals surface area contributed by atoms with E-state index in [0.717, 1.165) is 30.9 Å². The zero-order valence-corrected chi connectivity index (χ0v) is 15.1. The number of nitrogens with zero attached hydrogens (tertiary/aromatic N) is 1. The Kier molecular flexibility index (Phi) is 6.38. The van der Waals surface area contributed by atoms with E-state index in [1.807, 2.05) is 12.1 Å². The van der Waals surface area contributed by atoms with Crippen molar-refractivity contribution in [1.29, 1.82) is 0 Å². The maximum atomic E-state index is 13.4. The summed E-state index contributed by atoms with van der Waals surface area (Å²) < 4.78 is 24.1. The molecule has 0 aromatic heterocycles. The number of halogens is 1. The number of benzene rings is 2. The van der Waals surface area contributed by atoms with Gasteiger partial charge in [0.2, 0.25) is 5.96 Å². The molecule has 6 nitrogen and oxygen atoms in total. The standard InChI is InChI=1S/C20H22FN3O3/c1-26-17-9-7-16(8-10-17)23-20(22-13-18-6-3-11-27-18)24-19(25)14-4-2-5-15(21)12-14/h2,4-5,7-10,12,18H,3,6,11,13H2,1H3,(H2,22,23,24,25)/t18-/m1/s1. The third-order valence-corrected chi connectivity index (χ3v) is 4.15. The van der Waals surface area contributed by atoms with E-state index < -0.39 is 11.7 Å². The average molecular weight is 371 g/mol. The highest BCUT2D eigenvalue weighted by atomic mass is 19.1. The smallest absolute Gasteiger partial charge is 0.258 e. The Morgan fingerprint density at radius 2 is 2.11 bits per heavy atom. The zero-order valence-electron chi connectivity index (χ0n) is 15.1. The fourth-order valence-corrected chi connectivity index (χ4v) is 2.71. The molecule has 1 saturated heterocycles. The molecule has 2 N–H and O–H groups in total. The Hall–Kier alpha value is -2.93. The summed E-state index contributed by atoms with van der Waals surface area (Å²) in [6, 6.07) is 12.7. The van der Waals surface area contributed by atoms with Crippen LogP contribution in [0, 0.1) is 5.82 Å². The Labute approximate surface area is 157 Å². The Balaban J connectivity index is 1.73. The van der Waals surface area contributed by atoms with Crippen LogP contribution in [0.3, 0.4) is 0 Å². The molecule has 1 aliphatic rings. The van der Waals surface area contributed by atoms with Crippen LogP contribution in [0.1, 0.15) is 23.2 Å². The first-order valence-corrected chi connectivity index (χ1v) is 8.78. The maximum Gasteiger partial charge on any atom is 0.258 e. The highest BCUT2D eigenvalue weighted by Gasteiger charge is 2.16.